The van der Waals surface area contributed by atoms with Crippen LogP contribution in [0.15, 0.2) is 0 Å². The van der Waals surface area contributed by atoms with Gasteiger partial charge in [-0.25, -0.2) is 0 Å². The predicted molar refractivity (Wildman–Crippen MR) is 39.4 cm³/mol. The van der Waals surface area contributed by atoms with Gasteiger partial charge in [0, 0.05) is 6.61 Å². The molecule has 0 aromatic carbocycles. The molecule has 0 saturated heterocycles. The van der Waals surface area contributed by atoms with Crippen molar-refractivity contribution in [3.05, 3.63) is 0 Å². The minimum atomic E-state index is 0.364. The summed E-state index contributed by atoms with van der Waals surface area (Å²) in [5.41, 5.74) is 5.29. The van der Waals surface area contributed by atoms with E-state index in [1.165, 1.54) is 0 Å². The number of nitrogens with two attached hydrogens (primary N) is 1. The van der Waals surface area contributed by atoms with Crippen molar-refractivity contribution in [3.63, 3.8) is 0 Å². The molecule has 2 N–H and O–H groups in total. The summed E-state index contributed by atoms with van der Waals surface area (Å²) >= 11 is 0. The van der Waals surface area contributed by atoms with Crippen molar-refractivity contribution < 1.29 is 4.74 Å². The quantitative estimate of drug-likeness (QED) is 0.568. The van der Waals surface area contributed by atoms with E-state index in [1.54, 1.807) is 0 Å². The lowest BCUT2D eigenvalue weighted by molar-refractivity contribution is 0.0763. The molecule has 2 nitrogen and oxygen atoms in total. The molecular weight excluding hydrogens is 114 g/mol. The van der Waals surface area contributed by atoms with Crippen molar-refractivity contribution in [2.24, 2.45) is 5.73 Å². The smallest absolute Gasteiger partial charge is 0.0518 e. The van der Waals surface area contributed by atoms with Gasteiger partial charge in [-0.3, -0.25) is 0 Å². The summed E-state index contributed by atoms with van der Waals surface area (Å²) in [6.45, 7) is 5.72. The fraction of sp³-hybridized carbons (Fsp3) is 1.00. The first-order valence-electron chi connectivity index (χ1n) is 3.59. The van der Waals surface area contributed by atoms with Gasteiger partial charge in [0.1, 0.15) is 0 Å². The highest BCUT2D eigenvalue weighted by Gasteiger charge is 1.90. The van der Waals surface area contributed by atoms with Crippen LogP contribution in [0.5, 0.6) is 0 Å². The van der Waals surface area contributed by atoms with E-state index in [2.05, 4.69) is 0 Å². The Morgan fingerprint density at radius 2 is 2.00 bits per heavy atom. The van der Waals surface area contributed by atoms with Crippen LogP contribution in [0.2, 0.25) is 0 Å². The SMILES string of the molecule is CC(C)OCCCCN. The molecule has 0 aromatic heterocycles. The van der Waals surface area contributed by atoms with E-state index in [0.717, 1.165) is 26.0 Å². The van der Waals surface area contributed by atoms with E-state index in [9.17, 15) is 0 Å². The summed E-state index contributed by atoms with van der Waals surface area (Å²) < 4.78 is 5.29. The normalized spacial score (nSPS) is 10.7. The second kappa shape index (κ2) is 6.05. The second-order valence-electron chi connectivity index (χ2n) is 2.42. The van der Waals surface area contributed by atoms with Crippen molar-refractivity contribution in [1.29, 1.82) is 0 Å². The number of hydrogen-bond acceptors (Lipinski definition) is 2. The van der Waals surface area contributed by atoms with E-state index >= 15 is 0 Å². The summed E-state index contributed by atoms with van der Waals surface area (Å²) in [6.07, 6.45) is 2.53. The highest BCUT2D eigenvalue weighted by molar-refractivity contribution is 4.41. The monoisotopic (exact) mass is 131 g/mol. The van der Waals surface area contributed by atoms with Gasteiger partial charge in [-0.2, -0.15) is 0 Å². The topological polar surface area (TPSA) is 35.2 Å². The Hall–Kier alpha value is -0.0800. The Balaban J connectivity index is 2.75. The molecule has 0 aromatic rings. The molecule has 0 unspecified atom stereocenters. The van der Waals surface area contributed by atoms with Gasteiger partial charge in [0.15, 0.2) is 0 Å². The molecule has 0 fully saturated rings. The van der Waals surface area contributed by atoms with Crippen molar-refractivity contribution in [3.8, 4) is 0 Å². The van der Waals surface area contributed by atoms with Crippen LogP contribution in [-0.4, -0.2) is 19.3 Å². The van der Waals surface area contributed by atoms with Crippen LogP contribution in [0.25, 0.3) is 0 Å². The van der Waals surface area contributed by atoms with Gasteiger partial charge in [-0.15, -0.1) is 0 Å². The Morgan fingerprint density at radius 1 is 1.33 bits per heavy atom. The molecule has 0 amide bonds. The van der Waals surface area contributed by atoms with E-state index < -0.39 is 0 Å². The summed E-state index contributed by atoms with van der Waals surface area (Å²) in [7, 11) is 0. The molecular formula is C7H17NO. The average molecular weight is 131 g/mol. The van der Waals surface area contributed by atoms with Gasteiger partial charge in [-0.05, 0) is 33.2 Å². The zero-order valence-corrected chi connectivity index (χ0v) is 6.39. The van der Waals surface area contributed by atoms with E-state index in [0.29, 0.717) is 6.10 Å². The van der Waals surface area contributed by atoms with Crippen molar-refractivity contribution >= 4 is 0 Å². The number of hydrogen-bond donors (Lipinski definition) is 1. The van der Waals surface area contributed by atoms with E-state index in [-0.39, 0.29) is 0 Å². The lowest BCUT2D eigenvalue weighted by Crippen LogP contribution is -2.06. The summed E-state index contributed by atoms with van der Waals surface area (Å²) in [5.74, 6) is 0. The molecule has 0 saturated carbocycles. The Bertz CT molecular complexity index is 54.9. The standard InChI is InChI=1S/C7H17NO/c1-7(2)9-6-4-3-5-8/h7H,3-6,8H2,1-2H3. The first-order valence-corrected chi connectivity index (χ1v) is 3.59. The first kappa shape index (κ1) is 8.92. The minimum Gasteiger partial charge on any atom is -0.379 e. The summed E-state index contributed by atoms with van der Waals surface area (Å²) in [4.78, 5) is 0. The molecule has 9 heavy (non-hydrogen) atoms. The fourth-order valence-corrected chi connectivity index (χ4v) is 0.565. The lowest BCUT2D eigenvalue weighted by Gasteiger charge is -2.05. The van der Waals surface area contributed by atoms with Crippen LogP contribution >= 0.6 is 0 Å². The lowest BCUT2D eigenvalue weighted by atomic mass is 10.3. The minimum absolute atomic E-state index is 0.364. The summed E-state index contributed by atoms with van der Waals surface area (Å²) in [5, 5.41) is 0. The maximum absolute atomic E-state index is 5.29. The molecule has 0 aliphatic carbocycles. The maximum atomic E-state index is 5.29. The second-order valence-corrected chi connectivity index (χ2v) is 2.42. The Kier molecular flexibility index (Phi) is 5.99. The van der Waals surface area contributed by atoms with Gasteiger partial charge in [0.2, 0.25) is 0 Å². The number of rotatable bonds is 5. The molecule has 0 atom stereocenters. The van der Waals surface area contributed by atoms with Crippen LogP contribution in [-0.2, 0) is 4.74 Å². The molecule has 56 valence electrons. The molecule has 0 radical (unpaired) electrons. The molecule has 0 aliphatic heterocycles. The van der Waals surface area contributed by atoms with Crippen molar-refractivity contribution in [2.45, 2.75) is 32.8 Å². The third kappa shape index (κ3) is 7.92. The zero-order valence-electron chi connectivity index (χ0n) is 6.39. The third-order valence-corrected chi connectivity index (χ3v) is 1.05. The van der Waals surface area contributed by atoms with Gasteiger partial charge in [-0.1, -0.05) is 0 Å². The maximum Gasteiger partial charge on any atom is 0.0518 e. The van der Waals surface area contributed by atoms with Crippen LogP contribution < -0.4 is 5.73 Å². The molecule has 0 bridgehead atoms. The summed E-state index contributed by atoms with van der Waals surface area (Å²) in [6, 6.07) is 0. The number of unbranched alkanes of at least 4 members (excludes halogenated alkanes) is 1. The average Bonchev–Trinajstić information content (AvgIpc) is 1.80. The Labute approximate surface area is 57.4 Å². The van der Waals surface area contributed by atoms with Gasteiger partial charge < -0.3 is 10.5 Å². The zero-order chi connectivity index (χ0) is 7.11. The van der Waals surface area contributed by atoms with Gasteiger partial charge >= 0.3 is 0 Å². The van der Waals surface area contributed by atoms with Crippen molar-refractivity contribution in [1.82, 2.24) is 0 Å². The van der Waals surface area contributed by atoms with Gasteiger partial charge in [0.05, 0.1) is 6.10 Å². The van der Waals surface area contributed by atoms with Crippen LogP contribution in [0.3, 0.4) is 0 Å². The van der Waals surface area contributed by atoms with E-state index in [1.807, 2.05) is 13.8 Å². The third-order valence-electron chi connectivity index (χ3n) is 1.05. The van der Waals surface area contributed by atoms with Crippen molar-refractivity contribution in [2.75, 3.05) is 13.2 Å². The van der Waals surface area contributed by atoms with Gasteiger partial charge in [0.25, 0.3) is 0 Å². The molecule has 2 heteroatoms. The predicted octanol–water partition coefficient (Wildman–Crippen LogP) is 1.15. The molecule has 0 rings (SSSR count). The molecule has 0 spiro atoms. The largest absolute Gasteiger partial charge is 0.379 e. The van der Waals surface area contributed by atoms with E-state index in [4.69, 9.17) is 10.5 Å². The first-order chi connectivity index (χ1) is 4.27. The fourth-order valence-electron chi connectivity index (χ4n) is 0.565. The van der Waals surface area contributed by atoms with Crippen LogP contribution in [0.4, 0.5) is 0 Å². The number of ether oxygens (including phenoxy) is 1. The van der Waals surface area contributed by atoms with Crippen LogP contribution in [0, 0.1) is 0 Å². The highest BCUT2D eigenvalue weighted by Crippen LogP contribution is 1.91. The highest BCUT2D eigenvalue weighted by atomic mass is 16.5. The Morgan fingerprint density at radius 3 is 2.44 bits per heavy atom. The van der Waals surface area contributed by atoms with Crippen LogP contribution in [0.1, 0.15) is 26.7 Å². The molecule has 0 heterocycles. The molecule has 0 aliphatic rings.